The van der Waals surface area contributed by atoms with Crippen molar-refractivity contribution in [2.24, 2.45) is 17.8 Å². The standard InChI is InChI=1S/C35H44O8/c1-3-33(36)42-23-19-38-17-21-40-30-12-5-26(6-13-30)25-29-8-7-27-11-16-32(27)35(29)28-9-14-31(15-10-28)41-22-18-39-20-24-43-34(37)4-2/h3-6,9-10,12-15,27,29,32,35H,1-2,7-8,11,16-25H2. The van der Waals surface area contributed by atoms with Crippen LogP contribution in [0.5, 0.6) is 11.5 Å². The van der Waals surface area contributed by atoms with Gasteiger partial charge in [0, 0.05) is 12.2 Å². The maximum Gasteiger partial charge on any atom is 0.330 e. The van der Waals surface area contributed by atoms with Crippen LogP contribution in [-0.2, 0) is 35.0 Å². The van der Waals surface area contributed by atoms with Crippen LogP contribution >= 0.6 is 0 Å². The molecule has 0 bridgehead atoms. The molecule has 0 spiro atoms. The van der Waals surface area contributed by atoms with E-state index in [0.717, 1.165) is 41.9 Å². The highest BCUT2D eigenvalue weighted by atomic mass is 16.6. The van der Waals surface area contributed by atoms with Gasteiger partial charge in [0.1, 0.15) is 37.9 Å². The Morgan fingerprint density at radius 1 is 0.651 bits per heavy atom. The summed E-state index contributed by atoms with van der Waals surface area (Å²) in [6.45, 7) is 9.51. The van der Waals surface area contributed by atoms with Crippen LogP contribution in [0.4, 0.5) is 0 Å². The molecule has 2 aliphatic carbocycles. The Labute approximate surface area is 254 Å². The molecule has 4 unspecified atom stereocenters. The zero-order chi connectivity index (χ0) is 30.3. The number of carbonyl (C=O) groups is 2. The van der Waals surface area contributed by atoms with Crippen LogP contribution < -0.4 is 9.47 Å². The molecule has 2 aliphatic rings. The first-order valence-electron chi connectivity index (χ1n) is 15.3. The largest absolute Gasteiger partial charge is 0.491 e. The van der Waals surface area contributed by atoms with Gasteiger partial charge in [0.2, 0.25) is 0 Å². The number of carbonyl (C=O) groups excluding carboxylic acids is 2. The normalized spacial score (nSPS) is 20.7. The van der Waals surface area contributed by atoms with Crippen LogP contribution in [0, 0.1) is 17.8 Å². The number of hydrogen-bond acceptors (Lipinski definition) is 8. The van der Waals surface area contributed by atoms with Gasteiger partial charge >= 0.3 is 11.9 Å². The highest BCUT2D eigenvalue weighted by molar-refractivity contribution is 5.81. The van der Waals surface area contributed by atoms with Crippen molar-refractivity contribution in [3.8, 4) is 11.5 Å². The Kier molecular flexibility index (Phi) is 13.1. The Bertz CT molecular complexity index is 1160. The number of benzene rings is 2. The quantitative estimate of drug-likeness (QED) is 0.117. The van der Waals surface area contributed by atoms with E-state index in [1.807, 2.05) is 12.1 Å². The molecule has 0 aromatic heterocycles. The van der Waals surface area contributed by atoms with E-state index in [1.165, 1.54) is 36.8 Å². The predicted molar refractivity (Wildman–Crippen MR) is 163 cm³/mol. The smallest absolute Gasteiger partial charge is 0.330 e. The van der Waals surface area contributed by atoms with Crippen molar-refractivity contribution < 1.29 is 38.0 Å². The molecule has 0 saturated heterocycles. The molecule has 2 aromatic carbocycles. The van der Waals surface area contributed by atoms with E-state index in [-0.39, 0.29) is 13.2 Å². The molecule has 43 heavy (non-hydrogen) atoms. The lowest BCUT2D eigenvalue weighted by Gasteiger charge is -2.50. The molecule has 2 fully saturated rings. The molecular formula is C35H44O8. The molecule has 0 aliphatic heterocycles. The van der Waals surface area contributed by atoms with Crippen LogP contribution in [0.1, 0.15) is 42.7 Å². The fraction of sp³-hybridized carbons (Fsp3) is 0.486. The van der Waals surface area contributed by atoms with Gasteiger partial charge in [-0.05, 0) is 91.2 Å². The zero-order valence-corrected chi connectivity index (χ0v) is 25.0. The summed E-state index contributed by atoms with van der Waals surface area (Å²) >= 11 is 0. The summed E-state index contributed by atoms with van der Waals surface area (Å²) in [6.07, 6.45) is 8.58. The van der Waals surface area contributed by atoms with Gasteiger partial charge in [-0.3, -0.25) is 0 Å². The predicted octanol–water partition coefficient (Wildman–Crippen LogP) is 5.70. The van der Waals surface area contributed by atoms with Gasteiger partial charge in [-0.15, -0.1) is 0 Å². The van der Waals surface area contributed by atoms with Crippen LogP contribution in [0.25, 0.3) is 0 Å². The molecule has 0 N–H and O–H groups in total. The van der Waals surface area contributed by atoms with Crippen molar-refractivity contribution in [1.82, 2.24) is 0 Å². The SMILES string of the molecule is C=CC(=O)OCCOCCOc1ccc(CC2CCC3CCC3C2c2ccc(OCCOCCOC(=O)C=C)cc2)cc1. The summed E-state index contributed by atoms with van der Waals surface area (Å²) in [6, 6.07) is 17.1. The maximum atomic E-state index is 11.0. The average molecular weight is 593 g/mol. The van der Waals surface area contributed by atoms with Gasteiger partial charge in [0.05, 0.1) is 26.4 Å². The monoisotopic (exact) mass is 592 g/mol. The minimum Gasteiger partial charge on any atom is -0.491 e. The minimum absolute atomic E-state index is 0.204. The van der Waals surface area contributed by atoms with Crippen molar-refractivity contribution >= 4 is 11.9 Å². The first-order chi connectivity index (χ1) is 21.1. The van der Waals surface area contributed by atoms with Gasteiger partial charge in [-0.25, -0.2) is 9.59 Å². The molecule has 8 heteroatoms. The fourth-order valence-corrected chi connectivity index (χ4v) is 6.10. The van der Waals surface area contributed by atoms with Gasteiger partial charge < -0.3 is 28.4 Å². The molecule has 2 saturated carbocycles. The summed E-state index contributed by atoms with van der Waals surface area (Å²) < 4.78 is 32.4. The molecule has 0 amide bonds. The summed E-state index contributed by atoms with van der Waals surface area (Å²) in [4.78, 5) is 22.1. The molecule has 8 nitrogen and oxygen atoms in total. The third kappa shape index (κ3) is 10.3. The topological polar surface area (TPSA) is 89.5 Å². The van der Waals surface area contributed by atoms with E-state index >= 15 is 0 Å². The van der Waals surface area contributed by atoms with Crippen LogP contribution in [-0.4, -0.2) is 64.8 Å². The first kappa shape index (κ1) is 32.3. The molecule has 4 rings (SSSR count). The lowest BCUT2D eigenvalue weighted by molar-refractivity contribution is -0.140. The third-order valence-corrected chi connectivity index (χ3v) is 8.31. The van der Waals surface area contributed by atoms with E-state index in [4.69, 9.17) is 28.4 Å². The molecule has 0 heterocycles. The molecule has 2 aromatic rings. The average Bonchev–Trinajstić information content (AvgIpc) is 3.02. The summed E-state index contributed by atoms with van der Waals surface area (Å²) in [5.74, 6) is 3.54. The first-order valence-corrected chi connectivity index (χ1v) is 15.3. The number of fused-ring (bicyclic) bond motifs is 1. The van der Waals surface area contributed by atoms with Crippen LogP contribution in [0.3, 0.4) is 0 Å². The minimum atomic E-state index is -0.447. The van der Waals surface area contributed by atoms with Crippen molar-refractivity contribution in [2.45, 2.75) is 38.0 Å². The summed E-state index contributed by atoms with van der Waals surface area (Å²) in [7, 11) is 0. The fourth-order valence-electron chi connectivity index (χ4n) is 6.10. The zero-order valence-electron chi connectivity index (χ0n) is 25.0. The number of hydrogen-bond donors (Lipinski definition) is 0. The Morgan fingerprint density at radius 3 is 1.67 bits per heavy atom. The second-order valence-corrected chi connectivity index (χ2v) is 10.9. The van der Waals surface area contributed by atoms with E-state index in [1.54, 1.807) is 0 Å². The Morgan fingerprint density at radius 2 is 1.16 bits per heavy atom. The Hall–Kier alpha value is -3.62. The Balaban J connectivity index is 1.21. The van der Waals surface area contributed by atoms with Crippen molar-refractivity contribution in [3.05, 3.63) is 85.0 Å². The lowest BCUT2D eigenvalue weighted by atomic mass is 9.55. The maximum absolute atomic E-state index is 11.0. The molecule has 4 atom stereocenters. The van der Waals surface area contributed by atoms with Gasteiger partial charge in [-0.1, -0.05) is 37.4 Å². The molecular weight excluding hydrogens is 548 g/mol. The molecule has 0 radical (unpaired) electrons. The second kappa shape index (κ2) is 17.5. The van der Waals surface area contributed by atoms with E-state index in [0.29, 0.717) is 51.5 Å². The van der Waals surface area contributed by atoms with Crippen molar-refractivity contribution in [3.63, 3.8) is 0 Å². The van der Waals surface area contributed by atoms with Crippen LogP contribution in [0.2, 0.25) is 0 Å². The highest BCUT2D eigenvalue weighted by Crippen LogP contribution is 2.55. The number of ether oxygens (including phenoxy) is 6. The van der Waals surface area contributed by atoms with Gasteiger partial charge in [0.15, 0.2) is 0 Å². The van der Waals surface area contributed by atoms with Gasteiger partial charge in [0.25, 0.3) is 0 Å². The number of esters is 2. The second-order valence-electron chi connectivity index (χ2n) is 10.9. The van der Waals surface area contributed by atoms with E-state index in [9.17, 15) is 9.59 Å². The van der Waals surface area contributed by atoms with Gasteiger partial charge in [-0.2, -0.15) is 0 Å². The lowest BCUT2D eigenvalue weighted by Crippen LogP contribution is -2.40. The summed E-state index contributed by atoms with van der Waals surface area (Å²) in [5, 5.41) is 0. The third-order valence-electron chi connectivity index (χ3n) is 8.31. The van der Waals surface area contributed by atoms with Crippen LogP contribution in [0.15, 0.2) is 73.8 Å². The van der Waals surface area contributed by atoms with E-state index < -0.39 is 11.9 Å². The van der Waals surface area contributed by atoms with E-state index in [2.05, 4.69) is 49.6 Å². The number of rotatable bonds is 19. The van der Waals surface area contributed by atoms with Crippen molar-refractivity contribution in [2.75, 3.05) is 52.9 Å². The summed E-state index contributed by atoms with van der Waals surface area (Å²) in [5.41, 5.74) is 2.74. The van der Waals surface area contributed by atoms with Crippen molar-refractivity contribution in [1.29, 1.82) is 0 Å². The highest BCUT2D eigenvalue weighted by Gasteiger charge is 2.44. The molecule has 232 valence electrons.